The molecular formula is C20H29N3O3. The van der Waals surface area contributed by atoms with E-state index in [1.165, 1.54) is 0 Å². The van der Waals surface area contributed by atoms with E-state index in [0.29, 0.717) is 29.9 Å². The Morgan fingerprint density at radius 3 is 2.46 bits per heavy atom. The lowest BCUT2D eigenvalue weighted by Crippen LogP contribution is -2.30. The van der Waals surface area contributed by atoms with E-state index < -0.39 is 0 Å². The van der Waals surface area contributed by atoms with Gasteiger partial charge in [0.2, 0.25) is 5.91 Å². The zero-order valence-electron chi connectivity index (χ0n) is 14.7. The topological polar surface area (TPSA) is 107 Å². The summed E-state index contributed by atoms with van der Waals surface area (Å²) >= 11 is 0. The molecule has 0 aromatic heterocycles. The molecule has 6 heteroatoms. The standard InChI is InChI=1S/C20H23N3O2.H2O.2H2/c21-17-11-16(19(24)10-15-6-2-1-3-7-15)12-18(13-17)22-20(25)14-23-8-4-5-9-23;;;/h1-3,6-7,11-13H,4-5,8-10,14,21H2,(H,22,25);1H2;2*1H. The Balaban J connectivity index is 0.00000243. The van der Waals surface area contributed by atoms with Crippen molar-refractivity contribution in [3.8, 4) is 0 Å². The minimum Gasteiger partial charge on any atom is -0.412 e. The van der Waals surface area contributed by atoms with Crippen molar-refractivity contribution in [2.24, 2.45) is 0 Å². The molecule has 0 radical (unpaired) electrons. The van der Waals surface area contributed by atoms with Crippen LogP contribution in [-0.4, -0.2) is 41.7 Å². The summed E-state index contributed by atoms with van der Waals surface area (Å²) in [5.41, 5.74) is 8.42. The molecule has 1 saturated heterocycles. The highest BCUT2D eigenvalue weighted by Gasteiger charge is 2.16. The number of nitrogens with two attached hydrogens (primary N) is 1. The summed E-state index contributed by atoms with van der Waals surface area (Å²) in [6.07, 6.45) is 2.60. The van der Waals surface area contributed by atoms with Gasteiger partial charge in [0.05, 0.1) is 6.54 Å². The third-order valence-corrected chi connectivity index (χ3v) is 4.33. The summed E-state index contributed by atoms with van der Waals surface area (Å²) in [5.74, 6) is -0.0949. The number of hydrogen-bond acceptors (Lipinski definition) is 4. The first-order chi connectivity index (χ1) is 12.1. The Bertz CT molecular complexity index is 767. The van der Waals surface area contributed by atoms with Crippen LogP contribution in [-0.2, 0) is 11.2 Å². The zero-order chi connectivity index (χ0) is 17.6. The Morgan fingerprint density at radius 2 is 1.77 bits per heavy atom. The molecule has 3 rings (SSSR count). The van der Waals surface area contributed by atoms with Gasteiger partial charge in [0.1, 0.15) is 0 Å². The average molecular weight is 359 g/mol. The van der Waals surface area contributed by atoms with E-state index in [1.54, 1.807) is 18.2 Å². The number of nitrogens with one attached hydrogen (secondary N) is 1. The highest BCUT2D eigenvalue weighted by molar-refractivity contribution is 6.00. The highest BCUT2D eigenvalue weighted by atomic mass is 16.2. The predicted molar refractivity (Wildman–Crippen MR) is 107 cm³/mol. The number of ketones is 1. The van der Waals surface area contributed by atoms with E-state index >= 15 is 0 Å². The van der Waals surface area contributed by atoms with E-state index in [9.17, 15) is 9.59 Å². The molecule has 0 aliphatic carbocycles. The molecule has 0 bridgehead atoms. The van der Waals surface area contributed by atoms with Crippen molar-refractivity contribution in [3.63, 3.8) is 0 Å². The van der Waals surface area contributed by atoms with Gasteiger partial charge in [-0.15, -0.1) is 0 Å². The number of benzene rings is 2. The number of carbonyl (C=O) groups excluding carboxylic acids is 2. The molecule has 2 aromatic carbocycles. The quantitative estimate of drug-likeness (QED) is 0.610. The Morgan fingerprint density at radius 1 is 1.08 bits per heavy atom. The van der Waals surface area contributed by atoms with Crippen molar-refractivity contribution in [3.05, 3.63) is 59.7 Å². The SMILES string of the molecule is Nc1cc(NC(=O)CN2CCCC2)cc(C(=O)Cc2ccccc2)c1.O.[HH].[HH]. The number of nitrogen functional groups attached to an aromatic ring is 1. The van der Waals surface area contributed by atoms with Gasteiger partial charge in [0.25, 0.3) is 0 Å². The molecule has 5 N–H and O–H groups in total. The van der Waals surface area contributed by atoms with Gasteiger partial charge in [-0.05, 0) is 49.7 Å². The Hall–Kier alpha value is -2.70. The lowest BCUT2D eigenvalue weighted by Gasteiger charge is -2.14. The van der Waals surface area contributed by atoms with Gasteiger partial charge in [0.15, 0.2) is 5.78 Å². The highest BCUT2D eigenvalue weighted by Crippen LogP contribution is 2.19. The normalized spacial score (nSPS) is 13.8. The summed E-state index contributed by atoms with van der Waals surface area (Å²) in [6, 6.07) is 14.6. The van der Waals surface area contributed by atoms with Crippen molar-refractivity contribution in [1.29, 1.82) is 0 Å². The third kappa shape index (κ3) is 5.40. The molecular weight excluding hydrogens is 330 g/mol. The van der Waals surface area contributed by atoms with Crippen molar-refractivity contribution in [2.75, 3.05) is 30.7 Å². The molecule has 0 saturated carbocycles. The van der Waals surface area contributed by atoms with Crippen LogP contribution in [0.2, 0.25) is 0 Å². The van der Waals surface area contributed by atoms with Crippen LogP contribution in [0, 0.1) is 0 Å². The first-order valence-electron chi connectivity index (χ1n) is 8.60. The maximum absolute atomic E-state index is 12.5. The predicted octanol–water partition coefficient (Wildman–Crippen LogP) is 2.40. The second-order valence-corrected chi connectivity index (χ2v) is 6.46. The monoisotopic (exact) mass is 359 g/mol. The zero-order valence-corrected chi connectivity index (χ0v) is 14.7. The minimum atomic E-state index is -0.0750. The smallest absolute Gasteiger partial charge is 0.238 e. The van der Waals surface area contributed by atoms with E-state index in [0.717, 1.165) is 31.5 Å². The maximum Gasteiger partial charge on any atom is 0.238 e. The summed E-state index contributed by atoms with van der Waals surface area (Å²) < 4.78 is 0. The molecule has 2 aromatic rings. The van der Waals surface area contributed by atoms with Gasteiger partial charge >= 0.3 is 0 Å². The van der Waals surface area contributed by atoms with Gasteiger partial charge in [0, 0.05) is 26.2 Å². The fourth-order valence-electron chi connectivity index (χ4n) is 3.11. The van der Waals surface area contributed by atoms with Crippen molar-refractivity contribution in [2.45, 2.75) is 19.3 Å². The molecule has 142 valence electrons. The number of likely N-dealkylation sites (tertiary alicyclic amines) is 1. The number of amides is 1. The van der Waals surface area contributed by atoms with Crippen molar-refractivity contribution >= 4 is 23.1 Å². The van der Waals surface area contributed by atoms with E-state index in [-0.39, 0.29) is 20.0 Å². The van der Waals surface area contributed by atoms with Gasteiger partial charge in [-0.3, -0.25) is 14.5 Å². The van der Waals surface area contributed by atoms with Gasteiger partial charge in [-0.2, -0.15) is 0 Å². The Kier molecular flexibility index (Phi) is 6.89. The molecule has 1 fully saturated rings. The fourth-order valence-corrected chi connectivity index (χ4v) is 3.11. The van der Waals surface area contributed by atoms with E-state index in [4.69, 9.17) is 5.73 Å². The van der Waals surface area contributed by atoms with Crippen LogP contribution in [0.25, 0.3) is 0 Å². The Labute approximate surface area is 156 Å². The van der Waals surface area contributed by atoms with Crippen molar-refractivity contribution in [1.82, 2.24) is 4.90 Å². The van der Waals surface area contributed by atoms with Crippen LogP contribution in [0.3, 0.4) is 0 Å². The minimum absolute atomic E-state index is 0. The lowest BCUT2D eigenvalue weighted by atomic mass is 10.0. The number of Topliss-reactive ketones (excluding diaryl/α,β-unsaturated/α-hetero) is 1. The van der Waals surface area contributed by atoms with Crippen LogP contribution in [0.5, 0.6) is 0 Å². The van der Waals surface area contributed by atoms with Crippen LogP contribution < -0.4 is 11.1 Å². The van der Waals surface area contributed by atoms with Gasteiger partial charge < -0.3 is 16.5 Å². The molecule has 26 heavy (non-hydrogen) atoms. The fraction of sp³-hybridized carbons (Fsp3) is 0.300. The number of rotatable bonds is 6. The van der Waals surface area contributed by atoms with Gasteiger partial charge in [-0.1, -0.05) is 30.3 Å². The molecule has 0 atom stereocenters. The molecule has 1 aliphatic rings. The molecule has 6 nitrogen and oxygen atoms in total. The second-order valence-electron chi connectivity index (χ2n) is 6.46. The van der Waals surface area contributed by atoms with Crippen LogP contribution in [0.15, 0.2) is 48.5 Å². The molecule has 0 unspecified atom stereocenters. The summed E-state index contributed by atoms with van der Waals surface area (Å²) in [7, 11) is 0. The van der Waals surface area contributed by atoms with Gasteiger partial charge in [-0.25, -0.2) is 0 Å². The van der Waals surface area contributed by atoms with E-state index in [1.807, 2.05) is 30.3 Å². The lowest BCUT2D eigenvalue weighted by molar-refractivity contribution is -0.117. The second kappa shape index (κ2) is 9.12. The van der Waals surface area contributed by atoms with Crippen LogP contribution in [0.1, 0.15) is 31.6 Å². The number of nitrogens with zero attached hydrogens (tertiary/aromatic N) is 1. The first-order valence-corrected chi connectivity index (χ1v) is 8.60. The largest absolute Gasteiger partial charge is 0.412 e. The van der Waals surface area contributed by atoms with Crippen molar-refractivity contribution < 1.29 is 17.9 Å². The number of carbonyl (C=O) groups is 2. The number of anilines is 2. The first kappa shape index (κ1) is 19.6. The molecule has 1 heterocycles. The maximum atomic E-state index is 12.5. The van der Waals surface area contributed by atoms with E-state index in [2.05, 4.69) is 10.2 Å². The van der Waals surface area contributed by atoms with Crippen LogP contribution >= 0.6 is 0 Å². The summed E-state index contributed by atoms with van der Waals surface area (Å²) in [5, 5.41) is 2.86. The average Bonchev–Trinajstić information content (AvgIpc) is 3.08. The number of hydrogen-bond donors (Lipinski definition) is 2. The summed E-state index contributed by atoms with van der Waals surface area (Å²) in [4.78, 5) is 26.8. The molecule has 1 aliphatic heterocycles. The molecule has 1 amide bonds. The third-order valence-electron chi connectivity index (χ3n) is 4.33. The van der Waals surface area contributed by atoms with Crippen LogP contribution in [0.4, 0.5) is 11.4 Å². The summed E-state index contributed by atoms with van der Waals surface area (Å²) in [6.45, 7) is 2.30. The molecule has 0 spiro atoms.